The number of hydrogen-bond acceptors (Lipinski definition) is 4. The Hall–Kier alpha value is -3.75. The molecule has 1 unspecified atom stereocenters. The molecule has 2 amide bonds. The van der Waals surface area contributed by atoms with Crippen molar-refractivity contribution < 1.29 is 33.0 Å². The lowest BCUT2D eigenvalue weighted by Gasteiger charge is -2.35. The predicted molar refractivity (Wildman–Crippen MR) is 103 cm³/mol. The molecule has 9 heteroatoms. The van der Waals surface area contributed by atoms with Crippen LogP contribution in [-0.4, -0.2) is 29.7 Å². The summed E-state index contributed by atoms with van der Waals surface area (Å²) in [7, 11) is 0. The number of benzene rings is 2. The summed E-state index contributed by atoms with van der Waals surface area (Å²) in [5, 5.41) is 11.6. The molecular formula is C21H18F2N2O5. The molecule has 0 saturated heterocycles. The molecule has 0 bridgehead atoms. The molecule has 0 radical (unpaired) electrons. The number of esters is 1. The van der Waals surface area contributed by atoms with Gasteiger partial charge in [0.25, 0.3) is 0 Å². The number of carboxylic acid groups (broad SMARTS) is 1. The monoisotopic (exact) mass is 416 g/mol. The first-order valence-electron chi connectivity index (χ1n) is 9.01. The second-order valence-corrected chi connectivity index (χ2v) is 6.46. The minimum atomic E-state index is -1.19. The van der Waals surface area contributed by atoms with Crippen molar-refractivity contribution in [3.05, 3.63) is 76.5 Å². The summed E-state index contributed by atoms with van der Waals surface area (Å²) in [5.74, 6) is -3.61. The molecule has 2 aromatic carbocycles. The summed E-state index contributed by atoms with van der Waals surface area (Å²) < 4.78 is 32.8. The minimum Gasteiger partial charge on any atom is -0.478 e. The van der Waals surface area contributed by atoms with Gasteiger partial charge in [0.2, 0.25) is 0 Å². The molecule has 0 spiro atoms. The number of urea groups is 1. The van der Waals surface area contributed by atoms with Gasteiger partial charge in [-0.25, -0.2) is 23.2 Å². The van der Waals surface area contributed by atoms with Gasteiger partial charge in [0.1, 0.15) is 11.6 Å². The third-order valence-electron chi connectivity index (χ3n) is 4.63. The Morgan fingerprint density at radius 1 is 1.17 bits per heavy atom. The molecule has 30 heavy (non-hydrogen) atoms. The lowest BCUT2D eigenvalue weighted by atomic mass is 9.94. The summed E-state index contributed by atoms with van der Waals surface area (Å²) >= 11 is 0. The normalized spacial score (nSPS) is 16.3. The van der Waals surface area contributed by atoms with Crippen molar-refractivity contribution in [2.24, 2.45) is 0 Å². The van der Waals surface area contributed by atoms with Crippen molar-refractivity contribution >= 4 is 23.7 Å². The third-order valence-corrected chi connectivity index (χ3v) is 4.63. The van der Waals surface area contributed by atoms with Gasteiger partial charge >= 0.3 is 18.0 Å². The molecule has 3 rings (SSSR count). The first-order valence-corrected chi connectivity index (χ1v) is 9.01. The van der Waals surface area contributed by atoms with Gasteiger partial charge in [0.15, 0.2) is 0 Å². The van der Waals surface area contributed by atoms with Crippen molar-refractivity contribution in [2.75, 3.05) is 11.5 Å². The average Bonchev–Trinajstić information content (AvgIpc) is 2.68. The molecule has 0 aliphatic carbocycles. The Bertz CT molecular complexity index is 1050. The van der Waals surface area contributed by atoms with E-state index in [1.165, 1.54) is 31.2 Å². The van der Waals surface area contributed by atoms with Gasteiger partial charge in [0.05, 0.1) is 29.5 Å². The number of carbonyl (C=O) groups excluding carboxylic acids is 2. The van der Waals surface area contributed by atoms with E-state index in [1.54, 1.807) is 6.92 Å². The minimum absolute atomic E-state index is 0.0228. The SMILES string of the molecule is CCOC(=O)C1=C(C)N(c2ccc(C(=O)O)cc2)C(=O)NC1c1ccc(F)cc1F. The van der Waals surface area contributed by atoms with E-state index in [2.05, 4.69) is 5.32 Å². The number of halogens is 2. The van der Waals surface area contributed by atoms with Crippen molar-refractivity contribution in [3.8, 4) is 0 Å². The van der Waals surface area contributed by atoms with Crippen LogP contribution in [0.5, 0.6) is 0 Å². The number of nitrogens with zero attached hydrogens (tertiary/aromatic N) is 1. The van der Waals surface area contributed by atoms with Crippen LogP contribution in [0.3, 0.4) is 0 Å². The van der Waals surface area contributed by atoms with Crippen LogP contribution in [0.4, 0.5) is 19.3 Å². The fourth-order valence-electron chi connectivity index (χ4n) is 3.25. The highest BCUT2D eigenvalue weighted by atomic mass is 19.1. The molecule has 1 aliphatic heterocycles. The summed E-state index contributed by atoms with van der Waals surface area (Å²) in [6.07, 6.45) is 0. The Balaban J connectivity index is 2.13. The molecule has 2 N–H and O–H groups in total. The zero-order valence-corrected chi connectivity index (χ0v) is 16.1. The second kappa shape index (κ2) is 8.32. The fourth-order valence-corrected chi connectivity index (χ4v) is 3.25. The lowest BCUT2D eigenvalue weighted by Crippen LogP contribution is -2.48. The predicted octanol–water partition coefficient (Wildman–Crippen LogP) is 3.77. The van der Waals surface area contributed by atoms with E-state index < -0.39 is 35.6 Å². The number of hydrogen-bond donors (Lipinski definition) is 2. The van der Waals surface area contributed by atoms with E-state index in [1.807, 2.05) is 0 Å². The van der Waals surface area contributed by atoms with Crippen LogP contribution in [-0.2, 0) is 9.53 Å². The van der Waals surface area contributed by atoms with Gasteiger partial charge in [-0.05, 0) is 44.2 Å². The van der Waals surface area contributed by atoms with Crippen LogP contribution in [0.15, 0.2) is 53.7 Å². The first kappa shape index (κ1) is 21.0. The number of allylic oxidation sites excluding steroid dienone is 1. The number of carboxylic acids is 1. The van der Waals surface area contributed by atoms with E-state index >= 15 is 0 Å². The number of carbonyl (C=O) groups is 3. The highest BCUT2D eigenvalue weighted by Gasteiger charge is 2.38. The highest BCUT2D eigenvalue weighted by molar-refractivity contribution is 6.03. The molecule has 1 atom stereocenters. The van der Waals surface area contributed by atoms with E-state index in [0.29, 0.717) is 11.8 Å². The molecule has 0 aromatic heterocycles. The summed E-state index contributed by atoms with van der Waals surface area (Å²) in [6.45, 7) is 3.14. The van der Waals surface area contributed by atoms with Gasteiger partial charge in [-0.2, -0.15) is 0 Å². The number of anilines is 1. The number of amides is 2. The molecule has 0 saturated carbocycles. The van der Waals surface area contributed by atoms with Crippen LogP contribution >= 0.6 is 0 Å². The standard InChI is InChI=1S/C21H18F2N2O5/c1-3-30-20(28)17-11(2)25(14-7-4-12(5-8-14)19(26)27)21(29)24-18(17)15-9-6-13(22)10-16(15)23/h4-10,18H,3H2,1-2H3,(H,24,29)(H,26,27). The maximum Gasteiger partial charge on any atom is 0.338 e. The molecule has 2 aromatic rings. The van der Waals surface area contributed by atoms with Crippen molar-refractivity contribution in [1.82, 2.24) is 5.32 Å². The fraction of sp³-hybridized carbons (Fsp3) is 0.190. The van der Waals surface area contributed by atoms with Gasteiger partial charge in [-0.1, -0.05) is 6.07 Å². The highest BCUT2D eigenvalue weighted by Crippen LogP contribution is 2.35. The largest absolute Gasteiger partial charge is 0.478 e. The molecular weight excluding hydrogens is 398 g/mol. The smallest absolute Gasteiger partial charge is 0.338 e. The van der Waals surface area contributed by atoms with E-state index in [4.69, 9.17) is 9.84 Å². The molecule has 156 valence electrons. The number of ether oxygens (including phenoxy) is 1. The van der Waals surface area contributed by atoms with Gasteiger partial charge in [0, 0.05) is 17.3 Å². The van der Waals surface area contributed by atoms with E-state index in [9.17, 15) is 23.2 Å². The quantitative estimate of drug-likeness (QED) is 0.724. The average molecular weight is 416 g/mol. The summed E-state index contributed by atoms with van der Waals surface area (Å²) in [5.41, 5.74) is 0.385. The second-order valence-electron chi connectivity index (χ2n) is 6.46. The Labute approximate surface area is 170 Å². The Kier molecular flexibility index (Phi) is 5.81. The van der Waals surface area contributed by atoms with Crippen LogP contribution in [0.25, 0.3) is 0 Å². The Morgan fingerprint density at radius 2 is 1.83 bits per heavy atom. The van der Waals surface area contributed by atoms with Crippen molar-refractivity contribution in [2.45, 2.75) is 19.9 Å². The molecule has 0 fully saturated rings. The van der Waals surface area contributed by atoms with Crippen LogP contribution < -0.4 is 10.2 Å². The topological polar surface area (TPSA) is 95.9 Å². The third kappa shape index (κ3) is 3.86. The zero-order chi connectivity index (χ0) is 22.0. The van der Waals surface area contributed by atoms with E-state index in [0.717, 1.165) is 17.0 Å². The zero-order valence-electron chi connectivity index (χ0n) is 16.1. The molecule has 7 nitrogen and oxygen atoms in total. The van der Waals surface area contributed by atoms with Gasteiger partial charge < -0.3 is 15.2 Å². The Morgan fingerprint density at radius 3 is 2.40 bits per heavy atom. The van der Waals surface area contributed by atoms with Gasteiger partial charge in [-0.15, -0.1) is 0 Å². The van der Waals surface area contributed by atoms with Crippen LogP contribution in [0.1, 0.15) is 35.8 Å². The van der Waals surface area contributed by atoms with Crippen molar-refractivity contribution in [3.63, 3.8) is 0 Å². The maximum atomic E-state index is 14.4. The van der Waals surface area contributed by atoms with E-state index in [-0.39, 0.29) is 29.0 Å². The van der Waals surface area contributed by atoms with Crippen molar-refractivity contribution in [1.29, 1.82) is 0 Å². The maximum absolute atomic E-state index is 14.4. The summed E-state index contributed by atoms with van der Waals surface area (Å²) in [6, 6.07) is 6.43. The number of rotatable bonds is 5. The number of aromatic carboxylic acids is 1. The molecule has 1 aliphatic rings. The van der Waals surface area contributed by atoms with Crippen LogP contribution in [0, 0.1) is 11.6 Å². The first-order chi connectivity index (χ1) is 14.2. The summed E-state index contributed by atoms with van der Waals surface area (Å²) in [4.78, 5) is 37.7. The molecule has 1 heterocycles. The van der Waals surface area contributed by atoms with Crippen LogP contribution in [0.2, 0.25) is 0 Å². The lowest BCUT2D eigenvalue weighted by molar-refractivity contribution is -0.139. The van der Waals surface area contributed by atoms with Gasteiger partial charge in [-0.3, -0.25) is 4.90 Å². The number of nitrogens with one attached hydrogen (secondary N) is 1.